The number of benzene rings is 1. The zero-order chi connectivity index (χ0) is 16.5. The highest BCUT2D eigenvalue weighted by Crippen LogP contribution is 2.59. The molecule has 1 aliphatic carbocycles. The minimum Gasteiger partial charge on any atom is -0.353 e. The van der Waals surface area contributed by atoms with Crippen LogP contribution >= 0.6 is 11.3 Å². The molecule has 5 rings (SSSR count). The molecule has 1 saturated carbocycles. The Hall–Kier alpha value is -1.74. The van der Waals surface area contributed by atoms with Gasteiger partial charge < -0.3 is 9.47 Å². The van der Waals surface area contributed by atoms with Crippen LogP contribution < -0.4 is 4.90 Å². The molecule has 3 aromatic rings. The summed E-state index contributed by atoms with van der Waals surface area (Å²) in [6, 6.07) is 11.7. The Morgan fingerprint density at radius 3 is 2.62 bits per heavy atom. The Morgan fingerprint density at radius 2 is 1.88 bits per heavy atom. The minimum atomic E-state index is 0.189. The maximum absolute atomic E-state index is 2.76. The summed E-state index contributed by atoms with van der Waals surface area (Å²) in [5, 5.41) is 2.25. The van der Waals surface area contributed by atoms with Crippen molar-refractivity contribution < 1.29 is 0 Å². The van der Waals surface area contributed by atoms with E-state index in [4.69, 9.17) is 0 Å². The summed E-state index contributed by atoms with van der Waals surface area (Å²) in [6.45, 7) is 4.67. The van der Waals surface area contributed by atoms with Gasteiger partial charge in [0.25, 0.3) is 0 Å². The van der Waals surface area contributed by atoms with Crippen LogP contribution in [0.15, 0.2) is 35.7 Å². The predicted molar refractivity (Wildman–Crippen MR) is 103 cm³/mol. The Kier molecular flexibility index (Phi) is 2.97. The molecule has 1 fully saturated rings. The standard InChI is InChI=1S/C21H24N2S/c1-14-8-4-5-9-16(14)23-15(2)18-19-17(10-13-24-19)22(3)20(18)21(23)11-6-7-12-21/h4-5,8-10,13,15H,6-7,11-12H2,1-3H3/t15-/m0/s1. The normalized spacial score (nSPS) is 22.0. The Labute approximate surface area is 147 Å². The first-order chi connectivity index (χ1) is 11.6. The maximum atomic E-state index is 2.76. The molecule has 0 amide bonds. The fourth-order valence-corrected chi connectivity index (χ4v) is 6.50. The van der Waals surface area contributed by atoms with Crippen molar-refractivity contribution in [2.75, 3.05) is 4.90 Å². The molecule has 3 heterocycles. The van der Waals surface area contributed by atoms with Gasteiger partial charge in [-0.3, -0.25) is 0 Å². The number of hydrogen-bond acceptors (Lipinski definition) is 2. The van der Waals surface area contributed by atoms with Gasteiger partial charge in [-0.1, -0.05) is 31.0 Å². The number of hydrogen-bond donors (Lipinski definition) is 0. The SMILES string of the molecule is Cc1ccccc1N1[C@@H](C)c2c(n(C)c3ccsc23)C12CCCC2. The van der Waals surface area contributed by atoms with Crippen LogP contribution in [0.2, 0.25) is 0 Å². The van der Waals surface area contributed by atoms with Crippen molar-refractivity contribution in [3.63, 3.8) is 0 Å². The average Bonchev–Trinajstić information content (AvgIpc) is 3.30. The lowest BCUT2D eigenvalue weighted by molar-refractivity contribution is 0.398. The molecule has 2 aromatic heterocycles. The number of nitrogens with zero attached hydrogens (tertiary/aromatic N) is 2. The van der Waals surface area contributed by atoms with Gasteiger partial charge in [-0.25, -0.2) is 0 Å². The van der Waals surface area contributed by atoms with Crippen LogP contribution in [0.5, 0.6) is 0 Å². The summed E-state index contributed by atoms with van der Waals surface area (Å²) in [5.41, 5.74) is 7.62. The highest BCUT2D eigenvalue weighted by atomic mass is 32.1. The van der Waals surface area contributed by atoms with Crippen LogP contribution in [-0.2, 0) is 12.6 Å². The summed E-state index contributed by atoms with van der Waals surface area (Å²) in [7, 11) is 2.28. The van der Waals surface area contributed by atoms with Crippen LogP contribution in [-0.4, -0.2) is 4.57 Å². The third kappa shape index (κ3) is 1.61. The molecule has 0 unspecified atom stereocenters. The highest BCUT2D eigenvalue weighted by molar-refractivity contribution is 7.17. The van der Waals surface area contributed by atoms with Gasteiger partial charge in [-0.15, -0.1) is 11.3 Å². The molecule has 1 aliphatic heterocycles. The number of aryl methyl sites for hydroxylation is 2. The fourth-order valence-electron chi connectivity index (χ4n) is 5.45. The molecule has 0 N–H and O–H groups in total. The summed E-state index contributed by atoms with van der Waals surface area (Å²) in [6.07, 6.45) is 5.24. The maximum Gasteiger partial charge on any atom is 0.0814 e. The van der Waals surface area contributed by atoms with Gasteiger partial charge in [0.2, 0.25) is 0 Å². The Morgan fingerprint density at radius 1 is 1.12 bits per heavy atom. The third-order valence-electron chi connectivity index (χ3n) is 6.35. The summed E-state index contributed by atoms with van der Waals surface area (Å²) >= 11 is 1.91. The van der Waals surface area contributed by atoms with Gasteiger partial charge in [0.05, 0.1) is 27.5 Å². The van der Waals surface area contributed by atoms with E-state index in [1.54, 1.807) is 11.3 Å². The second kappa shape index (κ2) is 4.89. The van der Waals surface area contributed by atoms with Crippen LogP contribution in [0.25, 0.3) is 10.2 Å². The van der Waals surface area contributed by atoms with Gasteiger partial charge in [-0.05, 0) is 49.8 Å². The molecule has 124 valence electrons. The number of fused-ring (bicyclic) bond motifs is 4. The van der Waals surface area contributed by atoms with E-state index in [0.29, 0.717) is 6.04 Å². The van der Waals surface area contributed by atoms with Gasteiger partial charge in [0, 0.05) is 18.3 Å². The van der Waals surface area contributed by atoms with E-state index in [1.165, 1.54) is 47.2 Å². The lowest BCUT2D eigenvalue weighted by Crippen LogP contribution is -2.41. The lowest BCUT2D eigenvalue weighted by Gasteiger charge is -2.41. The number of anilines is 1. The van der Waals surface area contributed by atoms with Crippen molar-refractivity contribution in [2.24, 2.45) is 7.05 Å². The number of aromatic nitrogens is 1. The first-order valence-corrected chi connectivity index (χ1v) is 9.94. The van der Waals surface area contributed by atoms with Crippen LogP contribution in [0.1, 0.15) is 55.5 Å². The monoisotopic (exact) mass is 336 g/mol. The average molecular weight is 337 g/mol. The molecule has 3 heteroatoms. The van der Waals surface area contributed by atoms with E-state index < -0.39 is 0 Å². The molecular formula is C21H24N2S. The molecule has 0 bridgehead atoms. The molecule has 1 spiro atoms. The van der Waals surface area contributed by atoms with Crippen molar-refractivity contribution in [3.05, 3.63) is 52.5 Å². The number of para-hydroxylation sites is 1. The summed E-state index contributed by atoms with van der Waals surface area (Å²) in [4.78, 5) is 2.76. The van der Waals surface area contributed by atoms with Crippen molar-refractivity contribution in [3.8, 4) is 0 Å². The second-order valence-corrected chi connectivity index (χ2v) is 8.44. The van der Waals surface area contributed by atoms with E-state index in [2.05, 4.69) is 66.1 Å². The van der Waals surface area contributed by atoms with Gasteiger partial charge in [-0.2, -0.15) is 0 Å². The quantitative estimate of drug-likeness (QED) is 0.537. The zero-order valence-electron chi connectivity index (χ0n) is 14.7. The van der Waals surface area contributed by atoms with Crippen molar-refractivity contribution in [2.45, 2.75) is 51.1 Å². The predicted octanol–water partition coefficient (Wildman–Crippen LogP) is 5.90. The smallest absolute Gasteiger partial charge is 0.0814 e. The topological polar surface area (TPSA) is 8.17 Å². The number of thiophene rings is 1. The first-order valence-electron chi connectivity index (χ1n) is 9.06. The summed E-state index contributed by atoms with van der Waals surface area (Å²) < 4.78 is 4.00. The van der Waals surface area contributed by atoms with Crippen LogP contribution in [0.4, 0.5) is 5.69 Å². The second-order valence-electron chi connectivity index (χ2n) is 7.53. The van der Waals surface area contributed by atoms with Gasteiger partial charge >= 0.3 is 0 Å². The molecular weight excluding hydrogens is 312 g/mol. The largest absolute Gasteiger partial charge is 0.353 e. The molecule has 1 atom stereocenters. The highest BCUT2D eigenvalue weighted by Gasteiger charge is 2.53. The van der Waals surface area contributed by atoms with Crippen molar-refractivity contribution >= 4 is 27.2 Å². The van der Waals surface area contributed by atoms with E-state index >= 15 is 0 Å². The van der Waals surface area contributed by atoms with E-state index in [-0.39, 0.29) is 5.54 Å². The third-order valence-corrected chi connectivity index (χ3v) is 7.29. The van der Waals surface area contributed by atoms with Crippen LogP contribution in [0.3, 0.4) is 0 Å². The molecule has 24 heavy (non-hydrogen) atoms. The lowest BCUT2D eigenvalue weighted by atomic mass is 9.92. The molecule has 2 aliphatic rings. The zero-order valence-corrected chi connectivity index (χ0v) is 15.5. The van der Waals surface area contributed by atoms with Crippen molar-refractivity contribution in [1.82, 2.24) is 4.57 Å². The van der Waals surface area contributed by atoms with E-state index in [1.807, 2.05) is 11.3 Å². The number of rotatable bonds is 1. The van der Waals surface area contributed by atoms with Crippen LogP contribution in [0, 0.1) is 6.92 Å². The molecule has 0 radical (unpaired) electrons. The van der Waals surface area contributed by atoms with E-state index in [9.17, 15) is 0 Å². The fraction of sp³-hybridized carbons (Fsp3) is 0.429. The van der Waals surface area contributed by atoms with Gasteiger partial charge in [0.15, 0.2) is 0 Å². The van der Waals surface area contributed by atoms with E-state index in [0.717, 1.165) is 0 Å². The Balaban J connectivity index is 1.82. The molecule has 1 aromatic carbocycles. The minimum absolute atomic E-state index is 0.189. The van der Waals surface area contributed by atoms with Gasteiger partial charge in [0.1, 0.15) is 0 Å². The Bertz CT molecular complexity index is 927. The molecule has 0 saturated heterocycles. The summed E-state index contributed by atoms with van der Waals surface area (Å²) in [5.74, 6) is 0. The first kappa shape index (κ1) is 14.6. The van der Waals surface area contributed by atoms with Crippen molar-refractivity contribution in [1.29, 1.82) is 0 Å². The molecule has 2 nitrogen and oxygen atoms in total.